The van der Waals surface area contributed by atoms with E-state index in [0.29, 0.717) is 5.56 Å². The molecule has 2 amide bonds. The summed E-state index contributed by atoms with van der Waals surface area (Å²) in [5, 5.41) is 49.2. The van der Waals surface area contributed by atoms with Crippen LogP contribution >= 0.6 is 0 Å². The summed E-state index contributed by atoms with van der Waals surface area (Å²) in [5.41, 5.74) is -2.90. The van der Waals surface area contributed by atoms with Crippen LogP contribution < -0.4 is 5.43 Å². The highest BCUT2D eigenvalue weighted by atomic mass is 16.6. The quantitative estimate of drug-likeness (QED) is 0.480. The predicted molar refractivity (Wildman–Crippen MR) is 106 cm³/mol. The smallest absolute Gasteiger partial charge is 0.324 e. The first-order valence-electron chi connectivity index (χ1n) is 8.88. The van der Waals surface area contributed by atoms with Gasteiger partial charge >= 0.3 is 11.7 Å². The van der Waals surface area contributed by atoms with Crippen molar-refractivity contribution in [1.29, 1.82) is 0 Å². The van der Waals surface area contributed by atoms with Crippen molar-refractivity contribution in [3.8, 4) is 0 Å². The number of nitro benzene ring substituents is 2. The van der Waals surface area contributed by atoms with Crippen LogP contribution in [0.1, 0.15) is 11.1 Å². The second-order valence-corrected chi connectivity index (χ2v) is 7.08. The number of nitrogens with one attached hydrogen (secondary N) is 1. The zero-order valence-corrected chi connectivity index (χ0v) is 16.2. The Balaban J connectivity index is 1.86. The molecule has 0 radical (unpaired) electrons. The van der Waals surface area contributed by atoms with Crippen molar-refractivity contribution in [3.05, 3.63) is 73.8 Å². The number of benzene rings is 2. The van der Waals surface area contributed by atoms with E-state index in [1.165, 1.54) is 20.2 Å². The predicted octanol–water partition coefficient (Wildman–Crippen LogP) is 1.16. The number of aliphatic hydroxyl groups is 2. The third-order valence-electron chi connectivity index (χ3n) is 5.60. The van der Waals surface area contributed by atoms with Crippen LogP contribution in [-0.2, 0) is 5.72 Å². The number of hydrazone groups is 1. The van der Waals surface area contributed by atoms with Gasteiger partial charge in [0.25, 0.3) is 5.69 Å². The normalized spacial score (nSPS) is 25.5. The van der Waals surface area contributed by atoms with E-state index in [-0.39, 0.29) is 17.0 Å². The van der Waals surface area contributed by atoms with Crippen molar-refractivity contribution in [2.45, 2.75) is 11.4 Å². The number of likely N-dealkylation sites (N-methyl/N-ethyl adjacent to an activating group) is 2. The Morgan fingerprint density at radius 1 is 1.00 bits per heavy atom. The van der Waals surface area contributed by atoms with Gasteiger partial charge in [-0.15, -0.1) is 0 Å². The maximum absolute atomic E-state index is 12.5. The summed E-state index contributed by atoms with van der Waals surface area (Å²) in [6.07, 6.45) is 0. The summed E-state index contributed by atoms with van der Waals surface area (Å²) in [7, 11) is 2.61. The maximum Gasteiger partial charge on any atom is 0.324 e. The number of hydrogen-bond acceptors (Lipinski definition) is 9. The van der Waals surface area contributed by atoms with Crippen molar-refractivity contribution in [2.24, 2.45) is 5.10 Å². The molecule has 0 aromatic heterocycles. The zero-order chi connectivity index (χ0) is 22.7. The van der Waals surface area contributed by atoms with Crippen LogP contribution in [0.25, 0.3) is 0 Å². The third kappa shape index (κ3) is 2.44. The van der Waals surface area contributed by atoms with E-state index in [0.717, 1.165) is 28.0 Å². The van der Waals surface area contributed by atoms with Crippen molar-refractivity contribution < 1.29 is 24.9 Å². The van der Waals surface area contributed by atoms with E-state index in [1.807, 2.05) is 0 Å². The van der Waals surface area contributed by atoms with E-state index in [9.17, 15) is 35.2 Å². The monoisotopic (exact) mass is 428 g/mol. The molecule has 0 bridgehead atoms. The number of nitro groups is 2. The number of rotatable bonds is 4. The van der Waals surface area contributed by atoms with E-state index in [2.05, 4.69) is 10.5 Å². The second-order valence-electron chi connectivity index (χ2n) is 7.08. The molecular formula is C18H16N6O7. The van der Waals surface area contributed by atoms with E-state index in [4.69, 9.17) is 0 Å². The molecule has 160 valence electrons. The van der Waals surface area contributed by atoms with E-state index < -0.39 is 38.7 Å². The molecule has 2 atom stereocenters. The van der Waals surface area contributed by atoms with Crippen LogP contribution in [0.2, 0.25) is 0 Å². The third-order valence-corrected chi connectivity index (χ3v) is 5.60. The SMILES string of the molecule is CN1C(=O)N(C)[C@@]2(O)/C(=N\Nc3ccc([N+](=O)[O-])cc3[N+](=O)[O-])c3ccccc3[C@@]12O. The Morgan fingerprint density at radius 2 is 1.65 bits per heavy atom. The number of anilines is 1. The minimum Gasteiger partial charge on any atom is -0.363 e. The van der Waals surface area contributed by atoms with Crippen LogP contribution in [0.3, 0.4) is 0 Å². The molecule has 3 N–H and O–H groups in total. The van der Waals surface area contributed by atoms with Gasteiger partial charge in [0, 0.05) is 31.3 Å². The fourth-order valence-electron chi connectivity index (χ4n) is 3.98. The lowest BCUT2D eigenvalue weighted by atomic mass is 9.99. The highest BCUT2D eigenvalue weighted by Crippen LogP contribution is 2.52. The number of carbonyl (C=O) groups excluding carboxylic acids is 1. The summed E-state index contributed by atoms with van der Waals surface area (Å²) < 4.78 is 0. The standard InChI is InChI=1S/C18H16N6O7/c1-21-16(25)22(2)18(27)15(11-5-3-4-6-12(11)17(18,21)26)20-19-13-8-7-10(23(28)29)9-14(13)24(30)31/h3-9,19,26-27H,1-2H3/b20-15-/t17-,18+/m0/s1. The molecule has 31 heavy (non-hydrogen) atoms. The largest absolute Gasteiger partial charge is 0.363 e. The highest BCUT2D eigenvalue weighted by Gasteiger charge is 2.72. The molecule has 1 saturated heterocycles. The van der Waals surface area contributed by atoms with Crippen LogP contribution in [0.4, 0.5) is 21.9 Å². The number of nitrogens with zero attached hydrogens (tertiary/aromatic N) is 5. The Morgan fingerprint density at radius 3 is 2.29 bits per heavy atom. The van der Waals surface area contributed by atoms with E-state index >= 15 is 0 Å². The molecule has 1 aliphatic heterocycles. The zero-order valence-electron chi connectivity index (χ0n) is 16.2. The summed E-state index contributed by atoms with van der Waals surface area (Å²) in [5.74, 6) is 0. The topological polar surface area (TPSA) is 175 Å². The average molecular weight is 428 g/mol. The lowest BCUT2D eigenvalue weighted by Crippen LogP contribution is -2.59. The lowest BCUT2D eigenvalue weighted by Gasteiger charge is -2.35. The summed E-state index contributed by atoms with van der Waals surface area (Å²) in [6.45, 7) is 0. The Bertz CT molecular complexity index is 1180. The molecule has 13 heteroatoms. The number of non-ortho nitro benzene ring substituents is 1. The summed E-state index contributed by atoms with van der Waals surface area (Å²) in [6, 6.07) is 8.61. The molecule has 0 unspecified atom stereocenters. The molecular weight excluding hydrogens is 412 g/mol. The fourth-order valence-corrected chi connectivity index (χ4v) is 3.98. The lowest BCUT2D eigenvalue weighted by molar-refractivity contribution is -0.393. The average Bonchev–Trinajstić information content (AvgIpc) is 3.02. The minimum absolute atomic E-state index is 0.154. The van der Waals surface area contributed by atoms with Crippen molar-refractivity contribution in [1.82, 2.24) is 9.80 Å². The maximum atomic E-state index is 12.5. The molecule has 1 fully saturated rings. The van der Waals surface area contributed by atoms with Crippen LogP contribution in [0.5, 0.6) is 0 Å². The molecule has 1 heterocycles. The fraction of sp³-hybridized carbons (Fsp3) is 0.222. The number of urea groups is 1. The minimum atomic E-state index is -2.30. The number of fused-ring (bicyclic) bond motifs is 3. The Hall–Kier alpha value is -4.10. The van der Waals surface area contributed by atoms with Gasteiger partial charge in [0.15, 0.2) is 0 Å². The molecule has 13 nitrogen and oxygen atoms in total. The summed E-state index contributed by atoms with van der Waals surface area (Å²) >= 11 is 0. The molecule has 0 spiro atoms. The summed E-state index contributed by atoms with van der Waals surface area (Å²) in [4.78, 5) is 35.1. The van der Waals surface area contributed by atoms with Crippen molar-refractivity contribution in [3.63, 3.8) is 0 Å². The van der Waals surface area contributed by atoms with Gasteiger partial charge in [-0.1, -0.05) is 24.3 Å². The Labute approximate surface area is 174 Å². The second kappa shape index (κ2) is 6.45. The van der Waals surface area contributed by atoms with Gasteiger partial charge in [-0.3, -0.25) is 35.5 Å². The first-order chi connectivity index (χ1) is 14.5. The van der Waals surface area contributed by atoms with E-state index in [1.54, 1.807) is 18.2 Å². The van der Waals surface area contributed by atoms with Crippen LogP contribution in [0.15, 0.2) is 47.6 Å². The number of carbonyl (C=O) groups is 1. The van der Waals surface area contributed by atoms with Crippen LogP contribution in [-0.4, -0.2) is 61.4 Å². The molecule has 1 aliphatic carbocycles. The molecule has 2 aromatic rings. The van der Waals surface area contributed by atoms with Gasteiger partial charge < -0.3 is 10.2 Å². The molecule has 2 aliphatic rings. The number of amides is 2. The van der Waals surface area contributed by atoms with Gasteiger partial charge in [0.05, 0.1) is 15.9 Å². The van der Waals surface area contributed by atoms with Gasteiger partial charge in [-0.25, -0.2) is 4.79 Å². The van der Waals surface area contributed by atoms with Gasteiger partial charge in [0.1, 0.15) is 11.4 Å². The first-order valence-corrected chi connectivity index (χ1v) is 8.88. The number of hydrogen-bond donors (Lipinski definition) is 3. The van der Waals surface area contributed by atoms with Crippen LogP contribution in [0, 0.1) is 20.2 Å². The molecule has 0 saturated carbocycles. The molecule has 4 rings (SSSR count). The molecule has 2 aromatic carbocycles. The highest BCUT2D eigenvalue weighted by molar-refractivity contribution is 6.15. The Kier molecular flexibility index (Phi) is 4.20. The van der Waals surface area contributed by atoms with Gasteiger partial charge in [0.2, 0.25) is 11.4 Å². The van der Waals surface area contributed by atoms with Gasteiger partial charge in [-0.2, -0.15) is 5.10 Å². The first kappa shape index (κ1) is 20.2. The van der Waals surface area contributed by atoms with Crippen molar-refractivity contribution in [2.75, 3.05) is 19.5 Å². The van der Waals surface area contributed by atoms with Crippen molar-refractivity contribution >= 4 is 28.8 Å². The van der Waals surface area contributed by atoms with Gasteiger partial charge in [-0.05, 0) is 6.07 Å².